The van der Waals surface area contributed by atoms with E-state index in [0.717, 1.165) is 44.2 Å². The number of hydrogen-bond donors (Lipinski definition) is 1. The third-order valence-electron chi connectivity index (χ3n) is 4.83. The lowest BCUT2D eigenvalue weighted by Crippen LogP contribution is -2.39. The van der Waals surface area contributed by atoms with Crippen LogP contribution in [0.25, 0.3) is 0 Å². The maximum Gasteiger partial charge on any atom is 0.193 e. The number of guanidine groups is 1. The van der Waals surface area contributed by atoms with Crippen LogP contribution in [0.2, 0.25) is 0 Å². The number of aliphatic imine (C=N–C) groups is 1. The van der Waals surface area contributed by atoms with Gasteiger partial charge in [0, 0.05) is 39.9 Å². The fourth-order valence-corrected chi connectivity index (χ4v) is 2.97. The van der Waals surface area contributed by atoms with E-state index in [2.05, 4.69) is 12.2 Å². The molecule has 1 aromatic rings. The first-order valence-electron chi connectivity index (χ1n) is 9.43. The Labute approximate surface area is 179 Å². The van der Waals surface area contributed by atoms with Crippen LogP contribution in [0.15, 0.2) is 23.2 Å². The Morgan fingerprint density at radius 3 is 2.63 bits per heavy atom. The third kappa shape index (κ3) is 7.44. The Kier molecular flexibility index (Phi) is 10.4. The molecule has 1 N–H and O–H groups in total. The molecule has 0 heterocycles. The van der Waals surface area contributed by atoms with Crippen LogP contribution in [0, 0.1) is 11.2 Å². The lowest BCUT2D eigenvalue weighted by atomic mass is 10.0. The Balaban J connectivity index is 0.00000364. The summed E-state index contributed by atoms with van der Waals surface area (Å²) in [6, 6.07) is 5.06. The van der Waals surface area contributed by atoms with Crippen molar-refractivity contribution in [2.24, 2.45) is 10.4 Å². The van der Waals surface area contributed by atoms with Crippen molar-refractivity contribution in [2.75, 3.05) is 40.5 Å². The van der Waals surface area contributed by atoms with Gasteiger partial charge < -0.3 is 19.7 Å². The van der Waals surface area contributed by atoms with Gasteiger partial charge in [0.2, 0.25) is 0 Å². The first kappa shape index (κ1) is 23.9. The van der Waals surface area contributed by atoms with Crippen LogP contribution in [0.5, 0.6) is 5.75 Å². The summed E-state index contributed by atoms with van der Waals surface area (Å²) >= 11 is 0. The van der Waals surface area contributed by atoms with Crippen LogP contribution < -0.4 is 10.1 Å². The van der Waals surface area contributed by atoms with Gasteiger partial charge in [-0.25, -0.2) is 4.39 Å². The van der Waals surface area contributed by atoms with Gasteiger partial charge in [0.25, 0.3) is 0 Å². The lowest BCUT2D eigenvalue weighted by molar-refractivity contribution is 0.129. The van der Waals surface area contributed by atoms with E-state index >= 15 is 0 Å². The highest BCUT2D eigenvalue weighted by Crippen LogP contribution is 2.49. The molecule has 1 aliphatic carbocycles. The van der Waals surface area contributed by atoms with E-state index in [9.17, 15) is 4.39 Å². The summed E-state index contributed by atoms with van der Waals surface area (Å²) in [5, 5.41) is 3.33. The highest BCUT2D eigenvalue weighted by Gasteiger charge is 2.42. The molecule has 154 valence electrons. The number of ether oxygens (including phenoxy) is 2. The molecule has 0 atom stereocenters. The van der Waals surface area contributed by atoms with Gasteiger partial charge in [-0.05, 0) is 56.2 Å². The zero-order valence-corrected chi connectivity index (χ0v) is 19.2. The molecule has 2 rings (SSSR count). The first-order valence-corrected chi connectivity index (χ1v) is 9.43. The van der Waals surface area contributed by atoms with Crippen LogP contribution in [0.1, 0.15) is 38.7 Å². The highest BCUT2D eigenvalue weighted by atomic mass is 127. The summed E-state index contributed by atoms with van der Waals surface area (Å²) in [5.74, 6) is 0.779. The molecule has 27 heavy (non-hydrogen) atoms. The zero-order chi connectivity index (χ0) is 19.0. The summed E-state index contributed by atoms with van der Waals surface area (Å²) in [7, 11) is 3.45. The molecule has 1 aliphatic rings. The number of hydrogen-bond acceptors (Lipinski definition) is 3. The zero-order valence-electron chi connectivity index (χ0n) is 16.9. The van der Waals surface area contributed by atoms with Crippen molar-refractivity contribution in [1.29, 1.82) is 0 Å². The van der Waals surface area contributed by atoms with E-state index in [1.807, 2.05) is 24.9 Å². The van der Waals surface area contributed by atoms with Gasteiger partial charge in [0.1, 0.15) is 0 Å². The van der Waals surface area contributed by atoms with Crippen LogP contribution >= 0.6 is 24.0 Å². The second-order valence-electron chi connectivity index (χ2n) is 6.94. The Bertz CT molecular complexity index is 609. The van der Waals surface area contributed by atoms with Crippen LogP contribution in [-0.2, 0) is 11.3 Å². The Hall–Kier alpha value is -1.09. The van der Waals surface area contributed by atoms with Gasteiger partial charge in [-0.2, -0.15) is 0 Å². The molecule has 1 fully saturated rings. The molecule has 1 aromatic carbocycles. The number of halogens is 2. The van der Waals surface area contributed by atoms with Crippen molar-refractivity contribution in [1.82, 2.24) is 10.2 Å². The average Bonchev–Trinajstić information content (AvgIpc) is 3.39. The van der Waals surface area contributed by atoms with Gasteiger partial charge in [-0.1, -0.05) is 6.07 Å². The minimum absolute atomic E-state index is 0. The second-order valence-corrected chi connectivity index (χ2v) is 6.94. The van der Waals surface area contributed by atoms with Crippen molar-refractivity contribution in [3.05, 3.63) is 29.6 Å². The lowest BCUT2D eigenvalue weighted by Gasteiger charge is -2.23. The van der Waals surface area contributed by atoms with Gasteiger partial charge in [-0.15, -0.1) is 24.0 Å². The minimum atomic E-state index is -0.340. The fraction of sp³-hybridized carbons (Fsp3) is 0.650. The predicted molar refractivity (Wildman–Crippen MR) is 119 cm³/mol. The quantitative estimate of drug-likeness (QED) is 0.231. The third-order valence-corrected chi connectivity index (χ3v) is 4.83. The largest absolute Gasteiger partial charge is 0.494 e. The van der Waals surface area contributed by atoms with Gasteiger partial charge in [0.15, 0.2) is 17.5 Å². The van der Waals surface area contributed by atoms with Crippen LogP contribution in [0.4, 0.5) is 4.39 Å². The van der Waals surface area contributed by atoms with Crippen molar-refractivity contribution >= 4 is 29.9 Å². The van der Waals surface area contributed by atoms with Crippen molar-refractivity contribution in [3.8, 4) is 5.75 Å². The summed E-state index contributed by atoms with van der Waals surface area (Å²) in [5.41, 5.74) is 1.19. The van der Waals surface area contributed by atoms with Gasteiger partial charge in [-0.3, -0.25) is 4.99 Å². The topological polar surface area (TPSA) is 46.1 Å². The molecular weight excluding hydrogens is 460 g/mol. The van der Waals surface area contributed by atoms with Gasteiger partial charge >= 0.3 is 0 Å². The molecular formula is C20H33FIN3O2. The molecule has 0 radical (unpaired) electrons. The smallest absolute Gasteiger partial charge is 0.193 e. The maximum absolute atomic E-state index is 13.9. The molecule has 0 bridgehead atoms. The highest BCUT2D eigenvalue weighted by molar-refractivity contribution is 14.0. The standard InChI is InChI=1S/C20H32FN3O2.HI/c1-5-22-19(23-15-20(9-10-20)11-12-26-6-2)24(3)14-16-7-8-18(25-4)17(21)13-16;/h7-8,13H,5-6,9-12,14-15H2,1-4H3,(H,22,23);1H. The van der Waals surface area contributed by atoms with Crippen molar-refractivity contribution < 1.29 is 13.9 Å². The predicted octanol–water partition coefficient (Wildman–Crippen LogP) is 4.06. The first-order chi connectivity index (χ1) is 12.5. The molecule has 0 saturated heterocycles. The number of nitrogens with zero attached hydrogens (tertiary/aromatic N) is 2. The molecule has 0 spiro atoms. The Morgan fingerprint density at radius 2 is 2.07 bits per heavy atom. The Morgan fingerprint density at radius 1 is 1.33 bits per heavy atom. The van der Waals surface area contributed by atoms with Gasteiger partial charge in [0.05, 0.1) is 7.11 Å². The summed E-state index contributed by atoms with van der Waals surface area (Å²) in [6.45, 7) is 7.84. The molecule has 0 aromatic heterocycles. The normalized spacial score (nSPS) is 15.1. The SMILES string of the molecule is CCNC(=NCC1(CCOCC)CC1)N(C)Cc1ccc(OC)c(F)c1.I. The fourth-order valence-electron chi connectivity index (χ4n) is 2.97. The average molecular weight is 493 g/mol. The summed E-state index contributed by atoms with van der Waals surface area (Å²) in [6.07, 6.45) is 3.50. The number of rotatable bonds is 10. The minimum Gasteiger partial charge on any atom is -0.494 e. The molecule has 7 heteroatoms. The monoisotopic (exact) mass is 493 g/mol. The summed E-state index contributed by atoms with van der Waals surface area (Å²) < 4.78 is 24.4. The van der Waals surface area contributed by atoms with E-state index in [4.69, 9.17) is 14.5 Å². The molecule has 0 unspecified atom stereocenters. The molecule has 1 saturated carbocycles. The van der Waals surface area contributed by atoms with E-state index in [0.29, 0.717) is 12.0 Å². The maximum atomic E-state index is 13.9. The molecule has 0 aliphatic heterocycles. The van der Waals surface area contributed by atoms with Crippen LogP contribution in [-0.4, -0.2) is 51.3 Å². The van der Waals surface area contributed by atoms with E-state index in [1.165, 1.54) is 26.0 Å². The van der Waals surface area contributed by atoms with Crippen molar-refractivity contribution in [2.45, 2.75) is 39.7 Å². The molecule has 5 nitrogen and oxygen atoms in total. The summed E-state index contributed by atoms with van der Waals surface area (Å²) in [4.78, 5) is 6.87. The van der Waals surface area contributed by atoms with Crippen LogP contribution in [0.3, 0.4) is 0 Å². The number of benzene rings is 1. The molecule has 0 amide bonds. The number of methoxy groups -OCH3 is 1. The second kappa shape index (κ2) is 11.7. The van der Waals surface area contributed by atoms with E-state index in [1.54, 1.807) is 6.07 Å². The van der Waals surface area contributed by atoms with E-state index < -0.39 is 0 Å². The number of nitrogens with one attached hydrogen (secondary N) is 1. The van der Waals surface area contributed by atoms with Crippen molar-refractivity contribution in [3.63, 3.8) is 0 Å². The van der Waals surface area contributed by atoms with E-state index in [-0.39, 0.29) is 35.5 Å².